The van der Waals surface area contributed by atoms with E-state index in [2.05, 4.69) is 45.7 Å². The first-order valence-corrected chi connectivity index (χ1v) is 33.6. The molecule has 548 valence electrons. The van der Waals surface area contributed by atoms with E-state index in [9.17, 15) is 81.6 Å². The molecular weight excluding hydrogens is 1300 g/mol. The third-order valence-corrected chi connectivity index (χ3v) is 17.9. The molecule has 0 aliphatic carbocycles. The molecule has 30 nitrogen and oxygen atoms in total. The second kappa shape index (κ2) is 38.2. The highest BCUT2D eigenvalue weighted by Crippen LogP contribution is 2.34. The highest BCUT2D eigenvalue weighted by atomic mass is 19.3. The van der Waals surface area contributed by atoms with Gasteiger partial charge in [-0.3, -0.25) is 77.1 Å². The Kier molecular flexibility index (Phi) is 30.7. The summed E-state index contributed by atoms with van der Waals surface area (Å²) in [6.45, 7) is 8.21. The summed E-state index contributed by atoms with van der Waals surface area (Å²) in [6, 6.07) is 6.27. The van der Waals surface area contributed by atoms with Gasteiger partial charge < -0.3 is 71.2 Å². The number of ether oxygens (including phenoxy) is 3. The number of unbranched alkanes of at least 4 members (excludes halogenated alkanes) is 1. The monoisotopic (exact) mass is 1400 g/mol. The third kappa shape index (κ3) is 26.3. The number of hydrogen-bond donors (Lipinski definition) is 9. The Morgan fingerprint density at radius 1 is 0.717 bits per heavy atom. The Hall–Kier alpha value is -8.46. The van der Waals surface area contributed by atoms with Gasteiger partial charge >= 0.3 is 17.9 Å². The fourth-order valence-corrected chi connectivity index (χ4v) is 12.2. The number of amides is 8. The van der Waals surface area contributed by atoms with E-state index in [1.807, 2.05) is 30.9 Å². The molecule has 4 aliphatic heterocycles. The molecule has 1 unspecified atom stereocenters. The molecule has 0 aromatic heterocycles. The number of carbonyl (C=O) groups is 12. The lowest BCUT2D eigenvalue weighted by molar-refractivity contribution is -0.144. The number of methoxy groups -OCH3 is 2. The standard InChI is InChI=1S/C67H98F2N12O18/c1-43(2)17-29-99-66(3,4)18-20-71-63(94)49(12-7-8-19-70-55(83)38-76-21-23-77(39-58(86)87)25-27-79(41-60(90)91)28-26-78(24-22-76)40-59(88)89)74-54(82)16-14-45-10-9-11-46-36-80(37-48(45)46)56(84)32-47-31-50(75-62(47)93)64(95)73-35-57(85)81-42-67(68,69)33-51(81)61(92)65(96)72-34-44-13-15-52(97-5)53(30-44)98-6/h9-11,13,15,30,43,47,49-51H,7-8,12,14,16-29,31-42H2,1-6H3,(H,70,83)(H,71,94)(H,72,96)(H,73,95)(H,74,82)(H,75,93)(H,86,87)(H,88,89)(H,90,91)/t47-,49?,50-,51-/m0/s1. The lowest BCUT2D eigenvalue weighted by Crippen LogP contribution is -2.51. The number of benzene rings is 2. The first kappa shape index (κ1) is 79.5. The Morgan fingerprint density at radius 2 is 1.33 bits per heavy atom. The van der Waals surface area contributed by atoms with Gasteiger partial charge in [-0.25, -0.2) is 8.78 Å². The number of ketones is 1. The Morgan fingerprint density at radius 3 is 1.93 bits per heavy atom. The summed E-state index contributed by atoms with van der Waals surface area (Å²) < 4.78 is 46.1. The molecule has 8 amide bonds. The maximum Gasteiger partial charge on any atom is 0.317 e. The van der Waals surface area contributed by atoms with Crippen molar-refractivity contribution in [2.24, 2.45) is 11.8 Å². The number of Topliss-reactive ketones (excluding diaryl/α,β-unsaturated/α-hetero) is 1. The minimum atomic E-state index is -3.52. The molecule has 2 aromatic rings. The van der Waals surface area contributed by atoms with Crippen molar-refractivity contribution in [1.29, 1.82) is 0 Å². The number of nitrogens with one attached hydrogen (secondary N) is 6. The van der Waals surface area contributed by atoms with Crippen molar-refractivity contribution in [2.45, 2.75) is 141 Å². The highest BCUT2D eigenvalue weighted by Gasteiger charge is 2.51. The molecule has 3 saturated heterocycles. The second-order valence-electron chi connectivity index (χ2n) is 26.6. The zero-order chi connectivity index (χ0) is 72.6. The first-order chi connectivity index (χ1) is 46.9. The van der Waals surface area contributed by atoms with Gasteiger partial charge in [0.15, 0.2) is 11.5 Å². The van der Waals surface area contributed by atoms with Gasteiger partial charge in [-0.05, 0) is 99.1 Å². The van der Waals surface area contributed by atoms with Crippen molar-refractivity contribution < 1.29 is 95.8 Å². The van der Waals surface area contributed by atoms with E-state index in [0.29, 0.717) is 53.7 Å². The molecule has 0 saturated carbocycles. The summed E-state index contributed by atoms with van der Waals surface area (Å²) in [6.07, 6.45) is 1.12. The Balaban J connectivity index is 0.984. The van der Waals surface area contributed by atoms with Crippen LogP contribution in [0.4, 0.5) is 8.78 Å². The number of carboxylic acid groups (broad SMARTS) is 3. The van der Waals surface area contributed by atoms with Crippen molar-refractivity contribution in [3.8, 4) is 11.5 Å². The van der Waals surface area contributed by atoms with E-state index in [0.717, 1.165) is 23.1 Å². The molecule has 0 bridgehead atoms. The van der Waals surface area contributed by atoms with Crippen LogP contribution in [0, 0.1) is 11.8 Å². The average Bonchev–Trinajstić information content (AvgIpc) is 1.65. The van der Waals surface area contributed by atoms with E-state index in [1.165, 1.54) is 14.2 Å². The van der Waals surface area contributed by atoms with Crippen LogP contribution in [0.5, 0.6) is 11.5 Å². The maximum atomic E-state index is 14.8. The minimum absolute atomic E-state index is 0.0247. The normalized spacial score (nSPS) is 19.0. The number of hydrogen-bond acceptors (Lipinski definition) is 19. The lowest BCUT2D eigenvalue weighted by Gasteiger charge is -2.32. The van der Waals surface area contributed by atoms with Crippen LogP contribution in [0.1, 0.15) is 108 Å². The van der Waals surface area contributed by atoms with Crippen molar-refractivity contribution in [3.05, 3.63) is 58.7 Å². The maximum absolute atomic E-state index is 14.8. The number of likely N-dealkylation sites (tertiary alicyclic amines) is 1. The zero-order valence-corrected chi connectivity index (χ0v) is 57.5. The fraction of sp³-hybridized carbons (Fsp3) is 0.642. The first-order valence-electron chi connectivity index (χ1n) is 33.6. The van der Waals surface area contributed by atoms with Gasteiger partial charge in [0.05, 0.1) is 59.1 Å². The molecule has 3 fully saturated rings. The Bertz CT molecular complexity index is 3160. The fourth-order valence-electron chi connectivity index (χ4n) is 12.2. The number of carbonyl (C=O) groups excluding carboxylic acids is 9. The largest absolute Gasteiger partial charge is 0.493 e. The lowest BCUT2D eigenvalue weighted by atomic mass is 9.99. The van der Waals surface area contributed by atoms with Crippen molar-refractivity contribution in [1.82, 2.24) is 61.3 Å². The predicted octanol–water partition coefficient (Wildman–Crippen LogP) is 0.206. The van der Waals surface area contributed by atoms with E-state index >= 15 is 0 Å². The Labute approximate surface area is 574 Å². The quantitative estimate of drug-likeness (QED) is 0.0325. The van der Waals surface area contributed by atoms with E-state index in [4.69, 9.17) is 14.2 Å². The van der Waals surface area contributed by atoms with Crippen LogP contribution < -0.4 is 41.4 Å². The summed E-state index contributed by atoms with van der Waals surface area (Å²) in [4.78, 5) is 165. The number of aliphatic carboxylic acids is 3. The van der Waals surface area contributed by atoms with E-state index < -0.39 is 114 Å². The number of rotatable bonds is 36. The van der Waals surface area contributed by atoms with Crippen LogP contribution in [0.15, 0.2) is 36.4 Å². The van der Waals surface area contributed by atoms with Crippen LogP contribution in [0.25, 0.3) is 0 Å². The van der Waals surface area contributed by atoms with Gasteiger partial charge in [0, 0.05) is 117 Å². The summed E-state index contributed by atoms with van der Waals surface area (Å²) in [5.41, 5.74) is 2.39. The number of halogens is 2. The summed E-state index contributed by atoms with van der Waals surface area (Å²) in [5.74, 6) is -13.0. The van der Waals surface area contributed by atoms with Crippen LogP contribution in [0.2, 0.25) is 0 Å². The SMILES string of the molecule is COc1ccc(CNC(=O)C(=O)[C@@H]2CC(F)(F)CN2C(=O)CNC(=O)[C@@H]2C[C@@H](CC(=O)N3Cc4cccc(CCC(=O)NC(CCCCNC(=O)CN5CCN(CC(=O)O)CCN(CC(=O)O)CCN(CC(=O)O)CC5)C(=O)NCCC(C)(C)OCCC(C)C)c4C3)C(=O)N2)cc1OC. The molecule has 4 heterocycles. The summed E-state index contributed by atoms with van der Waals surface area (Å²) in [5, 5.41) is 44.7. The van der Waals surface area contributed by atoms with E-state index in [1.54, 1.807) is 43.9 Å². The smallest absolute Gasteiger partial charge is 0.317 e. The molecule has 4 atom stereocenters. The molecular formula is C67H98F2N12O18. The number of aryl methyl sites for hydroxylation is 1. The highest BCUT2D eigenvalue weighted by molar-refractivity contribution is 6.38. The minimum Gasteiger partial charge on any atom is -0.493 e. The molecule has 0 radical (unpaired) electrons. The van der Waals surface area contributed by atoms with Gasteiger partial charge in [0.2, 0.25) is 47.1 Å². The summed E-state index contributed by atoms with van der Waals surface area (Å²) in [7, 11) is 2.84. The molecule has 0 spiro atoms. The molecule has 6 rings (SSSR count). The third-order valence-electron chi connectivity index (χ3n) is 17.9. The van der Waals surface area contributed by atoms with E-state index in [-0.39, 0.29) is 155 Å². The van der Waals surface area contributed by atoms with Gasteiger partial charge in [-0.1, -0.05) is 38.1 Å². The van der Waals surface area contributed by atoms with Crippen LogP contribution in [-0.4, -0.2) is 271 Å². The van der Waals surface area contributed by atoms with Gasteiger partial charge in [-0.15, -0.1) is 0 Å². The van der Waals surface area contributed by atoms with Gasteiger partial charge in [0.1, 0.15) is 18.1 Å². The number of nitrogens with zero attached hydrogens (tertiary/aromatic N) is 6. The predicted molar refractivity (Wildman–Crippen MR) is 353 cm³/mol. The molecule has 9 N–H and O–H groups in total. The molecule has 32 heteroatoms. The van der Waals surface area contributed by atoms with Crippen LogP contribution in [0.3, 0.4) is 0 Å². The van der Waals surface area contributed by atoms with Crippen LogP contribution >= 0.6 is 0 Å². The van der Waals surface area contributed by atoms with Crippen LogP contribution in [-0.2, 0) is 88.3 Å². The topological polar surface area (TPSA) is 385 Å². The average molecular weight is 1400 g/mol. The molecule has 2 aromatic carbocycles. The molecule has 4 aliphatic rings. The van der Waals surface area contributed by atoms with Crippen molar-refractivity contribution in [3.63, 3.8) is 0 Å². The van der Waals surface area contributed by atoms with Crippen molar-refractivity contribution >= 4 is 70.9 Å². The van der Waals surface area contributed by atoms with Crippen molar-refractivity contribution in [2.75, 3.05) is 126 Å². The van der Waals surface area contributed by atoms with Gasteiger partial charge in [0.25, 0.3) is 11.8 Å². The van der Waals surface area contributed by atoms with Gasteiger partial charge in [-0.2, -0.15) is 0 Å². The number of fused-ring (bicyclic) bond motifs is 1. The number of alkyl halides is 2. The summed E-state index contributed by atoms with van der Waals surface area (Å²) >= 11 is 0. The second-order valence-corrected chi connectivity index (χ2v) is 26.6. The molecule has 99 heavy (non-hydrogen) atoms. The number of carboxylic acids is 3. The zero-order valence-electron chi connectivity index (χ0n) is 57.5.